The maximum Gasteiger partial charge on any atom is 0.226 e. The summed E-state index contributed by atoms with van der Waals surface area (Å²) in [6.45, 7) is 4.40. The zero-order valence-corrected chi connectivity index (χ0v) is 14.3. The lowest BCUT2D eigenvalue weighted by Crippen LogP contribution is -2.32. The van der Waals surface area contributed by atoms with E-state index in [0.717, 1.165) is 33.8 Å². The molecular weight excluding hydrogens is 350 g/mol. The van der Waals surface area contributed by atoms with Gasteiger partial charge in [0.05, 0.1) is 12.1 Å². The van der Waals surface area contributed by atoms with Crippen LogP contribution >= 0.6 is 27.3 Å². The highest BCUT2D eigenvalue weighted by Crippen LogP contribution is 2.26. The Kier molecular flexibility index (Phi) is 6.35. The van der Waals surface area contributed by atoms with E-state index >= 15 is 0 Å². The number of benzene rings is 1. The number of amides is 1. The molecule has 0 aliphatic carbocycles. The van der Waals surface area contributed by atoms with Crippen molar-refractivity contribution in [2.24, 2.45) is 0 Å². The van der Waals surface area contributed by atoms with Crippen molar-refractivity contribution in [3.63, 3.8) is 0 Å². The van der Waals surface area contributed by atoms with Crippen LogP contribution in [0.2, 0.25) is 0 Å². The number of nitrogens with one attached hydrogen (secondary N) is 2. The summed E-state index contributed by atoms with van der Waals surface area (Å²) >= 11 is 5.02. The van der Waals surface area contributed by atoms with Crippen LogP contribution in [0.15, 0.2) is 34.1 Å². The molecule has 2 N–H and O–H groups in total. The van der Waals surface area contributed by atoms with E-state index in [9.17, 15) is 4.79 Å². The minimum Gasteiger partial charge on any atom is -0.354 e. The van der Waals surface area contributed by atoms with E-state index in [1.54, 1.807) is 11.3 Å². The Hall–Kier alpha value is -1.24. The largest absolute Gasteiger partial charge is 0.354 e. The molecule has 0 aliphatic rings. The first-order valence-electron chi connectivity index (χ1n) is 6.87. The fourth-order valence-electron chi connectivity index (χ4n) is 1.84. The van der Waals surface area contributed by atoms with Crippen LogP contribution in [0, 0.1) is 0 Å². The molecular formula is C15H18BrN3OS. The van der Waals surface area contributed by atoms with Gasteiger partial charge in [-0.1, -0.05) is 35.0 Å². The second-order valence-corrected chi connectivity index (χ2v) is 6.31. The molecule has 0 unspecified atom stereocenters. The standard InChI is InChI=1S/C15H18BrN3OS/c1-2-17-6-7-18-14(20)9-13-10-21-15(19-13)11-4-3-5-12(16)8-11/h3-5,8,10,17H,2,6-7,9H2,1H3,(H,18,20). The lowest BCUT2D eigenvalue weighted by atomic mass is 10.2. The number of hydrogen-bond donors (Lipinski definition) is 2. The highest BCUT2D eigenvalue weighted by molar-refractivity contribution is 9.10. The molecule has 0 saturated carbocycles. The molecule has 1 aromatic heterocycles. The van der Waals surface area contributed by atoms with E-state index in [1.807, 2.05) is 36.6 Å². The zero-order valence-electron chi connectivity index (χ0n) is 11.9. The molecule has 1 aromatic carbocycles. The SMILES string of the molecule is CCNCCNC(=O)Cc1csc(-c2cccc(Br)c2)n1. The van der Waals surface area contributed by atoms with Crippen molar-refractivity contribution >= 4 is 33.2 Å². The van der Waals surface area contributed by atoms with Crippen LogP contribution in [0.3, 0.4) is 0 Å². The number of aromatic nitrogens is 1. The van der Waals surface area contributed by atoms with Crippen molar-refractivity contribution in [3.05, 3.63) is 39.8 Å². The minimum absolute atomic E-state index is 0.0130. The van der Waals surface area contributed by atoms with E-state index in [4.69, 9.17) is 0 Å². The van der Waals surface area contributed by atoms with E-state index in [-0.39, 0.29) is 5.91 Å². The van der Waals surface area contributed by atoms with E-state index < -0.39 is 0 Å². The highest BCUT2D eigenvalue weighted by atomic mass is 79.9. The Morgan fingerprint density at radius 2 is 2.24 bits per heavy atom. The summed E-state index contributed by atoms with van der Waals surface area (Å²) in [4.78, 5) is 16.3. The van der Waals surface area contributed by atoms with Crippen LogP contribution in [0.5, 0.6) is 0 Å². The number of likely N-dealkylation sites (N-methyl/N-ethyl adjacent to an activating group) is 1. The molecule has 0 bridgehead atoms. The molecule has 112 valence electrons. The van der Waals surface area contributed by atoms with E-state index in [0.29, 0.717) is 13.0 Å². The zero-order chi connectivity index (χ0) is 15.1. The van der Waals surface area contributed by atoms with Crippen molar-refractivity contribution < 1.29 is 4.79 Å². The predicted octanol–water partition coefficient (Wildman–Crippen LogP) is 2.84. The Morgan fingerprint density at radius 1 is 1.38 bits per heavy atom. The Morgan fingerprint density at radius 3 is 3.00 bits per heavy atom. The van der Waals surface area contributed by atoms with Crippen molar-refractivity contribution in [3.8, 4) is 10.6 Å². The fraction of sp³-hybridized carbons (Fsp3) is 0.333. The summed E-state index contributed by atoms with van der Waals surface area (Å²) < 4.78 is 1.03. The van der Waals surface area contributed by atoms with Gasteiger partial charge in [-0.2, -0.15) is 0 Å². The van der Waals surface area contributed by atoms with Gasteiger partial charge in [0, 0.05) is 28.5 Å². The summed E-state index contributed by atoms with van der Waals surface area (Å²) in [6.07, 6.45) is 0.330. The average Bonchev–Trinajstić information content (AvgIpc) is 2.92. The van der Waals surface area contributed by atoms with Gasteiger partial charge in [0.2, 0.25) is 5.91 Å². The Balaban J connectivity index is 1.90. The van der Waals surface area contributed by atoms with Gasteiger partial charge in [-0.15, -0.1) is 11.3 Å². The van der Waals surface area contributed by atoms with Crippen LogP contribution < -0.4 is 10.6 Å². The number of nitrogens with zero attached hydrogens (tertiary/aromatic N) is 1. The van der Waals surface area contributed by atoms with Gasteiger partial charge in [0.15, 0.2) is 0 Å². The van der Waals surface area contributed by atoms with Gasteiger partial charge in [-0.25, -0.2) is 4.98 Å². The molecule has 0 saturated heterocycles. The molecule has 21 heavy (non-hydrogen) atoms. The van der Waals surface area contributed by atoms with Crippen LogP contribution in [0.1, 0.15) is 12.6 Å². The summed E-state index contributed by atoms with van der Waals surface area (Å²) in [6, 6.07) is 8.01. The van der Waals surface area contributed by atoms with E-state index in [2.05, 4.69) is 31.5 Å². The maximum absolute atomic E-state index is 11.8. The molecule has 1 heterocycles. The fourth-order valence-corrected chi connectivity index (χ4v) is 3.05. The number of rotatable bonds is 7. The molecule has 0 spiro atoms. The predicted molar refractivity (Wildman–Crippen MR) is 90.5 cm³/mol. The molecule has 1 amide bonds. The number of hydrogen-bond acceptors (Lipinski definition) is 4. The molecule has 4 nitrogen and oxygen atoms in total. The number of carbonyl (C=O) groups is 1. The van der Waals surface area contributed by atoms with Crippen LogP contribution in [-0.4, -0.2) is 30.5 Å². The third-order valence-corrected chi connectivity index (χ3v) is 4.27. The number of carbonyl (C=O) groups excluding carboxylic acids is 1. The number of thiazole rings is 1. The third-order valence-electron chi connectivity index (χ3n) is 2.84. The smallest absolute Gasteiger partial charge is 0.226 e. The third kappa shape index (κ3) is 5.22. The van der Waals surface area contributed by atoms with Crippen LogP contribution in [-0.2, 0) is 11.2 Å². The molecule has 0 aliphatic heterocycles. The first-order valence-corrected chi connectivity index (χ1v) is 8.54. The van der Waals surface area contributed by atoms with Crippen LogP contribution in [0.4, 0.5) is 0 Å². The summed E-state index contributed by atoms with van der Waals surface area (Å²) in [5.74, 6) is 0.0130. The van der Waals surface area contributed by atoms with Gasteiger partial charge in [-0.3, -0.25) is 4.79 Å². The summed E-state index contributed by atoms with van der Waals surface area (Å²) in [5.41, 5.74) is 1.88. The van der Waals surface area contributed by atoms with Crippen LogP contribution in [0.25, 0.3) is 10.6 Å². The quantitative estimate of drug-likeness (QED) is 0.739. The molecule has 2 rings (SSSR count). The first-order chi connectivity index (χ1) is 10.2. The van der Waals surface area contributed by atoms with Gasteiger partial charge < -0.3 is 10.6 Å². The highest BCUT2D eigenvalue weighted by Gasteiger charge is 2.09. The second-order valence-electron chi connectivity index (χ2n) is 4.53. The molecule has 6 heteroatoms. The molecule has 2 aromatic rings. The number of halogens is 1. The van der Waals surface area contributed by atoms with Crippen molar-refractivity contribution in [1.29, 1.82) is 0 Å². The topological polar surface area (TPSA) is 54.0 Å². The Labute approximate surface area is 137 Å². The molecule has 0 atom stereocenters. The Bertz CT molecular complexity index is 600. The van der Waals surface area contributed by atoms with E-state index in [1.165, 1.54) is 0 Å². The van der Waals surface area contributed by atoms with Gasteiger partial charge in [0.25, 0.3) is 0 Å². The lowest BCUT2D eigenvalue weighted by Gasteiger charge is -2.04. The van der Waals surface area contributed by atoms with Crippen molar-refractivity contribution in [1.82, 2.24) is 15.6 Å². The second kappa shape index (κ2) is 8.26. The average molecular weight is 368 g/mol. The monoisotopic (exact) mass is 367 g/mol. The van der Waals surface area contributed by atoms with Crippen molar-refractivity contribution in [2.75, 3.05) is 19.6 Å². The summed E-state index contributed by atoms with van der Waals surface area (Å²) in [7, 11) is 0. The normalized spacial score (nSPS) is 10.6. The molecule has 0 fully saturated rings. The first kappa shape index (κ1) is 16.1. The van der Waals surface area contributed by atoms with Gasteiger partial charge in [-0.05, 0) is 18.7 Å². The van der Waals surface area contributed by atoms with Gasteiger partial charge in [0.1, 0.15) is 5.01 Å². The molecule has 0 radical (unpaired) electrons. The lowest BCUT2D eigenvalue weighted by molar-refractivity contribution is -0.120. The summed E-state index contributed by atoms with van der Waals surface area (Å²) in [5, 5.41) is 8.93. The maximum atomic E-state index is 11.8. The van der Waals surface area contributed by atoms with Crippen molar-refractivity contribution in [2.45, 2.75) is 13.3 Å². The minimum atomic E-state index is 0.0130. The van der Waals surface area contributed by atoms with Gasteiger partial charge >= 0.3 is 0 Å².